The van der Waals surface area contributed by atoms with Crippen molar-refractivity contribution in [1.29, 1.82) is 0 Å². The van der Waals surface area contributed by atoms with Crippen molar-refractivity contribution >= 4 is 11.5 Å². The highest BCUT2D eigenvalue weighted by Crippen LogP contribution is 2.30. The van der Waals surface area contributed by atoms with Gasteiger partial charge in [-0.2, -0.15) is 0 Å². The van der Waals surface area contributed by atoms with Crippen LogP contribution in [0.4, 0.5) is 0 Å². The van der Waals surface area contributed by atoms with Gasteiger partial charge in [-0.1, -0.05) is 38.1 Å². The zero-order chi connectivity index (χ0) is 11.7. The zero-order valence-corrected chi connectivity index (χ0v) is 9.49. The van der Waals surface area contributed by atoms with Gasteiger partial charge in [0.15, 0.2) is 0 Å². The lowest BCUT2D eigenvalue weighted by Gasteiger charge is -2.04. The molecule has 1 aromatic carbocycles. The zero-order valence-electron chi connectivity index (χ0n) is 9.49. The van der Waals surface area contributed by atoms with Gasteiger partial charge >= 0.3 is 5.97 Å². The molecule has 0 spiro atoms. The van der Waals surface area contributed by atoms with Crippen molar-refractivity contribution in [2.45, 2.75) is 26.2 Å². The lowest BCUT2D eigenvalue weighted by Crippen LogP contribution is -1.98. The molecular formula is C14H16O2. The van der Waals surface area contributed by atoms with Crippen LogP contribution in [0.5, 0.6) is 0 Å². The Morgan fingerprint density at radius 2 is 2.12 bits per heavy atom. The summed E-state index contributed by atoms with van der Waals surface area (Å²) in [7, 11) is 0. The fourth-order valence-corrected chi connectivity index (χ4v) is 2.31. The topological polar surface area (TPSA) is 37.3 Å². The minimum Gasteiger partial charge on any atom is -0.478 e. The summed E-state index contributed by atoms with van der Waals surface area (Å²) < 4.78 is 0. The Morgan fingerprint density at radius 1 is 1.44 bits per heavy atom. The first-order valence-electron chi connectivity index (χ1n) is 5.66. The van der Waals surface area contributed by atoms with Crippen LogP contribution in [0.1, 0.15) is 30.0 Å². The Balaban J connectivity index is 2.29. The maximum atomic E-state index is 10.8. The van der Waals surface area contributed by atoms with Gasteiger partial charge in [0, 0.05) is 0 Å². The molecule has 2 rings (SSSR count). The van der Waals surface area contributed by atoms with Gasteiger partial charge in [-0.25, -0.2) is 4.79 Å². The van der Waals surface area contributed by atoms with E-state index in [1.807, 2.05) is 12.1 Å². The van der Waals surface area contributed by atoms with Crippen LogP contribution in [0, 0.1) is 5.92 Å². The molecule has 0 saturated carbocycles. The van der Waals surface area contributed by atoms with E-state index in [0.717, 1.165) is 24.3 Å². The number of carboxylic acid groups (broad SMARTS) is 1. The van der Waals surface area contributed by atoms with E-state index in [4.69, 9.17) is 5.11 Å². The Kier molecular flexibility index (Phi) is 2.82. The summed E-state index contributed by atoms with van der Waals surface area (Å²) in [5.74, 6) is -0.215. The van der Waals surface area contributed by atoms with Crippen molar-refractivity contribution in [3.63, 3.8) is 0 Å². The SMILES string of the molecule is C=C(C(=O)O)c1ccc2c(c1)C[C@H](CC)C2. The number of hydrogen-bond donors (Lipinski definition) is 1. The standard InChI is InChI=1S/C14H16O2/c1-3-10-6-12-5-4-11(8-13(12)7-10)9(2)14(15)16/h4-5,8,10H,2-3,6-7H2,1H3,(H,15,16)/t10-/m1/s1. The first-order valence-corrected chi connectivity index (χ1v) is 5.66. The highest BCUT2D eigenvalue weighted by molar-refractivity contribution is 6.14. The summed E-state index contributed by atoms with van der Waals surface area (Å²) >= 11 is 0. The van der Waals surface area contributed by atoms with Gasteiger partial charge in [0.05, 0.1) is 5.57 Å². The van der Waals surface area contributed by atoms with Crippen LogP contribution < -0.4 is 0 Å². The predicted molar refractivity (Wildman–Crippen MR) is 64.3 cm³/mol. The number of carboxylic acids is 1. The number of carbonyl (C=O) groups is 1. The summed E-state index contributed by atoms with van der Waals surface area (Å²) in [6, 6.07) is 5.91. The molecule has 0 radical (unpaired) electrons. The highest BCUT2D eigenvalue weighted by atomic mass is 16.4. The van der Waals surface area contributed by atoms with E-state index in [1.165, 1.54) is 17.5 Å². The number of aliphatic carboxylic acids is 1. The molecule has 0 amide bonds. The Labute approximate surface area is 95.6 Å². The van der Waals surface area contributed by atoms with E-state index in [9.17, 15) is 4.79 Å². The normalized spacial score (nSPS) is 18.2. The van der Waals surface area contributed by atoms with E-state index < -0.39 is 5.97 Å². The average Bonchev–Trinajstić information content (AvgIpc) is 2.69. The van der Waals surface area contributed by atoms with Crippen LogP contribution >= 0.6 is 0 Å². The summed E-state index contributed by atoms with van der Waals surface area (Å²) in [6.07, 6.45) is 3.39. The molecule has 2 nitrogen and oxygen atoms in total. The molecule has 0 saturated heterocycles. The number of fused-ring (bicyclic) bond motifs is 1. The predicted octanol–water partition coefficient (Wildman–Crippen LogP) is 2.91. The van der Waals surface area contributed by atoms with Crippen LogP contribution in [-0.2, 0) is 17.6 Å². The lowest BCUT2D eigenvalue weighted by atomic mass is 10.0. The molecule has 0 heterocycles. The number of hydrogen-bond acceptors (Lipinski definition) is 1. The molecule has 1 aromatic rings. The van der Waals surface area contributed by atoms with Gasteiger partial charge < -0.3 is 5.11 Å². The Morgan fingerprint density at radius 3 is 2.75 bits per heavy atom. The van der Waals surface area contributed by atoms with Gasteiger partial charge in [0.25, 0.3) is 0 Å². The van der Waals surface area contributed by atoms with Crippen LogP contribution in [0.15, 0.2) is 24.8 Å². The minimum atomic E-state index is -0.940. The van der Waals surface area contributed by atoms with Crippen LogP contribution in [0.3, 0.4) is 0 Å². The van der Waals surface area contributed by atoms with E-state index in [1.54, 1.807) is 0 Å². The second-order valence-electron chi connectivity index (χ2n) is 4.45. The highest BCUT2D eigenvalue weighted by Gasteiger charge is 2.20. The van der Waals surface area contributed by atoms with E-state index in [2.05, 4.69) is 19.6 Å². The average molecular weight is 216 g/mol. The second-order valence-corrected chi connectivity index (χ2v) is 4.45. The Bertz CT molecular complexity index is 446. The van der Waals surface area contributed by atoms with Gasteiger partial charge in [0.1, 0.15) is 0 Å². The second kappa shape index (κ2) is 4.12. The van der Waals surface area contributed by atoms with E-state index >= 15 is 0 Å². The first-order chi connectivity index (χ1) is 7.61. The number of benzene rings is 1. The van der Waals surface area contributed by atoms with Crippen LogP contribution in [-0.4, -0.2) is 11.1 Å². The molecule has 2 heteroatoms. The fraction of sp³-hybridized carbons (Fsp3) is 0.357. The third-order valence-electron chi connectivity index (χ3n) is 3.41. The molecule has 0 aliphatic heterocycles. The molecule has 1 aliphatic carbocycles. The first kappa shape index (κ1) is 10.9. The quantitative estimate of drug-likeness (QED) is 0.789. The van der Waals surface area contributed by atoms with Gasteiger partial charge in [-0.05, 0) is 35.4 Å². The fourth-order valence-electron chi connectivity index (χ4n) is 2.31. The summed E-state index contributed by atoms with van der Waals surface area (Å²) in [4.78, 5) is 10.8. The third kappa shape index (κ3) is 1.87. The van der Waals surface area contributed by atoms with Crippen LogP contribution in [0.25, 0.3) is 5.57 Å². The van der Waals surface area contributed by atoms with Crippen molar-refractivity contribution < 1.29 is 9.90 Å². The minimum absolute atomic E-state index is 0.183. The molecule has 0 aromatic heterocycles. The van der Waals surface area contributed by atoms with Crippen molar-refractivity contribution in [3.8, 4) is 0 Å². The van der Waals surface area contributed by atoms with Gasteiger partial charge in [0.2, 0.25) is 0 Å². The Hall–Kier alpha value is -1.57. The molecule has 16 heavy (non-hydrogen) atoms. The smallest absolute Gasteiger partial charge is 0.335 e. The largest absolute Gasteiger partial charge is 0.478 e. The van der Waals surface area contributed by atoms with E-state index in [0.29, 0.717) is 0 Å². The molecule has 1 atom stereocenters. The molecule has 0 unspecified atom stereocenters. The summed E-state index contributed by atoms with van der Waals surface area (Å²) in [5.41, 5.74) is 3.59. The molecular weight excluding hydrogens is 200 g/mol. The third-order valence-corrected chi connectivity index (χ3v) is 3.41. The molecule has 1 N–H and O–H groups in total. The molecule has 0 bridgehead atoms. The summed E-state index contributed by atoms with van der Waals surface area (Å²) in [6.45, 7) is 5.79. The van der Waals surface area contributed by atoms with Crippen molar-refractivity contribution in [2.75, 3.05) is 0 Å². The van der Waals surface area contributed by atoms with Crippen LogP contribution in [0.2, 0.25) is 0 Å². The number of rotatable bonds is 3. The molecule has 84 valence electrons. The van der Waals surface area contributed by atoms with Crippen molar-refractivity contribution in [1.82, 2.24) is 0 Å². The maximum absolute atomic E-state index is 10.8. The van der Waals surface area contributed by atoms with Crippen molar-refractivity contribution in [2.24, 2.45) is 5.92 Å². The molecule has 0 fully saturated rings. The van der Waals surface area contributed by atoms with Gasteiger partial charge in [-0.3, -0.25) is 0 Å². The summed E-state index contributed by atoms with van der Waals surface area (Å²) in [5, 5.41) is 8.88. The monoisotopic (exact) mass is 216 g/mol. The lowest BCUT2D eigenvalue weighted by molar-refractivity contribution is -0.130. The van der Waals surface area contributed by atoms with Gasteiger partial charge in [-0.15, -0.1) is 0 Å². The molecule has 1 aliphatic rings. The van der Waals surface area contributed by atoms with Crippen molar-refractivity contribution in [3.05, 3.63) is 41.5 Å². The maximum Gasteiger partial charge on any atom is 0.335 e. The van der Waals surface area contributed by atoms with E-state index in [-0.39, 0.29) is 5.57 Å².